The van der Waals surface area contributed by atoms with E-state index in [9.17, 15) is 9.18 Å². The van der Waals surface area contributed by atoms with Crippen LogP contribution in [-0.2, 0) is 4.79 Å². The number of carbonyl (C=O) groups is 1. The normalized spacial score (nSPS) is 20.3. The predicted octanol–water partition coefficient (Wildman–Crippen LogP) is 1.50. The van der Waals surface area contributed by atoms with Gasteiger partial charge in [0.15, 0.2) is 0 Å². The smallest absolute Gasteiger partial charge is 0.242 e. The van der Waals surface area contributed by atoms with Gasteiger partial charge in [0, 0.05) is 19.2 Å². The monoisotopic (exact) mass is 301 g/mol. The summed E-state index contributed by atoms with van der Waals surface area (Å²) < 4.78 is 13.6. The van der Waals surface area contributed by atoms with Gasteiger partial charge in [-0.1, -0.05) is 0 Å². The van der Waals surface area contributed by atoms with Crippen LogP contribution >= 0.6 is 15.9 Å². The quantitative estimate of drug-likeness (QED) is 0.773. The number of hydrogen-bond acceptors (Lipinski definition) is 3. The van der Waals surface area contributed by atoms with E-state index in [0.717, 1.165) is 0 Å². The summed E-state index contributed by atoms with van der Waals surface area (Å²) in [4.78, 5) is 13.4. The molecular formula is C11H13BrFN3O. The molecule has 92 valence electrons. The van der Waals surface area contributed by atoms with Crippen molar-refractivity contribution in [1.29, 1.82) is 0 Å². The van der Waals surface area contributed by atoms with Gasteiger partial charge in [-0.25, -0.2) is 4.39 Å². The molecule has 1 heterocycles. The largest absolute Gasteiger partial charge is 0.397 e. The predicted molar refractivity (Wildman–Crippen MR) is 68.3 cm³/mol. The molecule has 0 radical (unpaired) electrons. The second-order valence-corrected chi connectivity index (χ2v) is 4.84. The lowest BCUT2D eigenvalue weighted by atomic mass is 10.1. The van der Waals surface area contributed by atoms with Crippen LogP contribution < -0.4 is 16.0 Å². The summed E-state index contributed by atoms with van der Waals surface area (Å²) >= 11 is 3.12. The van der Waals surface area contributed by atoms with Crippen LogP contribution in [0.2, 0.25) is 0 Å². The van der Waals surface area contributed by atoms with Gasteiger partial charge < -0.3 is 16.0 Å². The molecule has 17 heavy (non-hydrogen) atoms. The van der Waals surface area contributed by atoms with Crippen molar-refractivity contribution < 1.29 is 9.18 Å². The van der Waals surface area contributed by atoms with Crippen LogP contribution in [0, 0.1) is 5.82 Å². The fraction of sp³-hybridized carbons (Fsp3) is 0.364. The van der Waals surface area contributed by atoms with Crippen LogP contribution in [0.4, 0.5) is 15.8 Å². The number of carbonyl (C=O) groups excluding carboxylic acids is 1. The van der Waals surface area contributed by atoms with E-state index in [1.165, 1.54) is 6.07 Å². The molecule has 0 spiro atoms. The zero-order chi connectivity index (χ0) is 12.6. The van der Waals surface area contributed by atoms with Crippen molar-refractivity contribution in [3.05, 3.63) is 22.4 Å². The van der Waals surface area contributed by atoms with Gasteiger partial charge in [-0.15, -0.1) is 0 Å². The van der Waals surface area contributed by atoms with Crippen molar-refractivity contribution in [2.24, 2.45) is 0 Å². The van der Waals surface area contributed by atoms with Crippen molar-refractivity contribution >= 4 is 33.2 Å². The van der Waals surface area contributed by atoms with Gasteiger partial charge in [-0.2, -0.15) is 0 Å². The molecule has 1 fully saturated rings. The van der Waals surface area contributed by atoms with Gasteiger partial charge in [-0.05, 0) is 28.9 Å². The highest BCUT2D eigenvalue weighted by molar-refractivity contribution is 9.10. The summed E-state index contributed by atoms with van der Waals surface area (Å²) in [5.74, 6) is -0.448. The zero-order valence-corrected chi connectivity index (χ0v) is 10.9. The van der Waals surface area contributed by atoms with Crippen LogP contribution in [0.3, 0.4) is 0 Å². The van der Waals surface area contributed by atoms with Crippen molar-refractivity contribution in [3.8, 4) is 0 Å². The van der Waals surface area contributed by atoms with E-state index < -0.39 is 5.82 Å². The number of nitrogens with two attached hydrogens (primary N) is 1. The SMILES string of the molecule is CC1C(=O)NCCN1c1cc(Br)c(F)cc1N. The fourth-order valence-corrected chi connectivity index (χ4v) is 2.24. The van der Waals surface area contributed by atoms with Gasteiger partial charge in [-0.3, -0.25) is 4.79 Å². The van der Waals surface area contributed by atoms with E-state index in [4.69, 9.17) is 5.73 Å². The van der Waals surface area contributed by atoms with Gasteiger partial charge >= 0.3 is 0 Å². The summed E-state index contributed by atoms with van der Waals surface area (Å²) in [5.41, 5.74) is 6.82. The van der Waals surface area contributed by atoms with E-state index in [1.807, 2.05) is 4.90 Å². The molecule has 0 aromatic heterocycles. The maximum Gasteiger partial charge on any atom is 0.242 e. The number of nitrogen functional groups attached to an aromatic ring is 1. The minimum absolute atomic E-state index is 0.0453. The molecule has 0 saturated carbocycles. The Morgan fingerprint density at radius 1 is 1.59 bits per heavy atom. The van der Waals surface area contributed by atoms with Crippen LogP contribution in [0.25, 0.3) is 0 Å². The number of benzene rings is 1. The molecule has 6 heteroatoms. The molecule has 2 rings (SSSR count). The van der Waals surface area contributed by atoms with Crippen LogP contribution in [0.1, 0.15) is 6.92 Å². The number of halogens is 2. The number of nitrogens with zero attached hydrogens (tertiary/aromatic N) is 1. The van der Waals surface area contributed by atoms with Gasteiger partial charge in [0.25, 0.3) is 0 Å². The van der Waals surface area contributed by atoms with E-state index in [0.29, 0.717) is 28.9 Å². The summed E-state index contributed by atoms with van der Waals surface area (Å²) in [5, 5.41) is 2.77. The second kappa shape index (κ2) is 4.52. The van der Waals surface area contributed by atoms with Crippen LogP contribution in [-0.4, -0.2) is 25.0 Å². The third kappa shape index (κ3) is 2.22. The Labute approximate surface area is 107 Å². The highest BCUT2D eigenvalue weighted by Gasteiger charge is 2.27. The van der Waals surface area contributed by atoms with Crippen molar-refractivity contribution in [1.82, 2.24) is 5.32 Å². The summed E-state index contributed by atoms with van der Waals surface area (Å²) in [6, 6.07) is 2.57. The molecule has 1 amide bonds. The highest BCUT2D eigenvalue weighted by Crippen LogP contribution is 2.31. The molecule has 0 bridgehead atoms. The lowest BCUT2D eigenvalue weighted by Gasteiger charge is -2.35. The molecule has 0 aliphatic carbocycles. The average Bonchev–Trinajstić information content (AvgIpc) is 2.28. The third-order valence-electron chi connectivity index (χ3n) is 2.88. The molecule has 1 atom stereocenters. The molecule has 1 aromatic carbocycles. The lowest BCUT2D eigenvalue weighted by molar-refractivity contribution is -0.122. The van der Waals surface area contributed by atoms with Crippen LogP contribution in [0.15, 0.2) is 16.6 Å². The van der Waals surface area contributed by atoms with Crippen LogP contribution in [0.5, 0.6) is 0 Å². The number of nitrogens with one attached hydrogen (secondary N) is 1. The first-order valence-corrected chi connectivity index (χ1v) is 6.09. The first-order chi connectivity index (χ1) is 8.00. The Morgan fingerprint density at radius 2 is 2.29 bits per heavy atom. The average molecular weight is 302 g/mol. The Kier molecular flexibility index (Phi) is 3.24. The minimum Gasteiger partial charge on any atom is -0.397 e. The molecule has 1 aliphatic rings. The zero-order valence-electron chi connectivity index (χ0n) is 9.34. The first kappa shape index (κ1) is 12.2. The number of amides is 1. The van der Waals surface area contributed by atoms with E-state index in [-0.39, 0.29) is 11.9 Å². The van der Waals surface area contributed by atoms with Crippen molar-refractivity contribution in [2.45, 2.75) is 13.0 Å². The summed E-state index contributed by atoms with van der Waals surface area (Å²) in [6.45, 7) is 3.03. The number of hydrogen-bond donors (Lipinski definition) is 2. The molecule has 1 saturated heterocycles. The third-order valence-corrected chi connectivity index (χ3v) is 3.49. The van der Waals surface area contributed by atoms with E-state index in [2.05, 4.69) is 21.2 Å². The molecule has 3 N–H and O–H groups in total. The van der Waals surface area contributed by atoms with Gasteiger partial charge in [0.1, 0.15) is 11.9 Å². The molecule has 1 unspecified atom stereocenters. The molecule has 4 nitrogen and oxygen atoms in total. The first-order valence-electron chi connectivity index (χ1n) is 5.29. The molecule has 1 aliphatic heterocycles. The Balaban J connectivity index is 2.39. The summed E-state index contributed by atoms with van der Waals surface area (Å²) in [6.07, 6.45) is 0. The minimum atomic E-state index is -0.402. The maximum absolute atomic E-state index is 13.3. The topological polar surface area (TPSA) is 58.4 Å². The Morgan fingerprint density at radius 3 is 3.00 bits per heavy atom. The second-order valence-electron chi connectivity index (χ2n) is 3.99. The van der Waals surface area contributed by atoms with E-state index >= 15 is 0 Å². The Hall–Kier alpha value is -1.30. The lowest BCUT2D eigenvalue weighted by Crippen LogP contribution is -2.54. The Bertz CT molecular complexity index is 466. The van der Waals surface area contributed by atoms with Gasteiger partial charge in [0.05, 0.1) is 15.8 Å². The van der Waals surface area contributed by atoms with E-state index in [1.54, 1.807) is 13.0 Å². The number of anilines is 2. The van der Waals surface area contributed by atoms with Crippen molar-refractivity contribution in [2.75, 3.05) is 23.7 Å². The fourth-order valence-electron chi connectivity index (χ4n) is 1.91. The molecule has 1 aromatic rings. The maximum atomic E-state index is 13.3. The van der Waals surface area contributed by atoms with Crippen molar-refractivity contribution in [3.63, 3.8) is 0 Å². The summed E-state index contributed by atoms with van der Waals surface area (Å²) in [7, 11) is 0. The number of rotatable bonds is 1. The number of piperazine rings is 1. The highest BCUT2D eigenvalue weighted by atomic mass is 79.9. The van der Waals surface area contributed by atoms with Gasteiger partial charge in [0.2, 0.25) is 5.91 Å². The standard InChI is InChI=1S/C11H13BrFN3O/c1-6-11(17)15-2-3-16(6)10-4-7(12)8(13)5-9(10)14/h4-6H,2-3,14H2,1H3,(H,15,17). The molecular weight excluding hydrogens is 289 g/mol.